The lowest BCUT2D eigenvalue weighted by atomic mass is 9.84. The van der Waals surface area contributed by atoms with Crippen molar-refractivity contribution in [3.63, 3.8) is 0 Å². The molecule has 106 valence electrons. The van der Waals surface area contributed by atoms with Crippen LogP contribution in [0.3, 0.4) is 0 Å². The maximum absolute atomic E-state index is 12.0. The van der Waals surface area contributed by atoms with Gasteiger partial charge in [-0.3, -0.25) is 4.79 Å². The number of aromatic hydroxyl groups is 2. The van der Waals surface area contributed by atoms with Crippen LogP contribution in [0.2, 0.25) is 0 Å². The molecular weight excluding hydrogens is 266 g/mol. The van der Waals surface area contributed by atoms with E-state index >= 15 is 0 Å². The number of phenols is 2. The Bertz CT molecular complexity index is 416. The van der Waals surface area contributed by atoms with Crippen molar-refractivity contribution in [3.8, 4) is 11.5 Å². The Kier molecular flexibility index (Phi) is 5.48. The number of phenolic OH excluding ortho intramolecular Hbond substituents is 2. The van der Waals surface area contributed by atoms with Crippen LogP contribution in [0.5, 0.6) is 11.5 Å². The first-order chi connectivity index (χ1) is 8.96. The second-order valence-electron chi connectivity index (χ2n) is 4.76. The van der Waals surface area contributed by atoms with Gasteiger partial charge in [-0.2, -0.15) is 0 Å². The number of hydrogen-bond acceptors (Lipinski definition) is 3. The fourth-order valence-electron chi connectivity index (χ4n) is 1.83. The van der Waals surface area contributed by atoms with Crippen molar-refractivity contribution < 1.29 is 15.0 Å². The lowest BCUT2D eigenvalue weighted by Crippen LogP contribution is -2.38. The second kappa shape index (κ2) is 6.66. The maximum Gasteiger partial charge on any atom is 0.251 e. The highest BCUT2D eigenvalue weighted by Gasteiger charge is 2.25. The third kappa shape index (κ3) is 4.03. The Hall–Kier alpha value is -1.42. The molecular formula is C14H20ClNO3. The summed E-state index contributed by atoms with van der Waals surface area (Å²) >= 11 is 5.97. The number of benzene rings is 1. The minimum atomic E-state index is -0.331. The van der Waals surface area contributed by atoms with E-state index in [0.29, 0.717) is 12.4 Å². The predicted octanol–water partition coefficient (Wildman–Crippen LogP) is 2.87. The molecule has 0 atom stereocenters. The molecule has 3 N–H and O–H groups in total. The molecule has 0 unspecified atom stereocenters. The van der Waals surface area contributed by atoms with Crippen molar-refractivity contribution in [2.24, 2.45) is 5.41 Å². The Labute approximate surface area is 118 Å². The molecule has 0 fully saturated rings. The molecule has 1 aromatic carbocycles. The number of nitrogens with one attached hydrogen (secondary N) is 1. The number of hydrogen-bond donors (Lipinski definition) is 3. The van der Waals surface area contributed by atoms with Crippen molar-refractivity contribution in [1.82, 2.24) is 5.32 Å². The van der Waals surface area contributed by atoms with E-state index in [2.05, 4.69) is 5.32 Å². The van der Waals surface area contributed by atoms with Gasteiger partial charge >= 0.3 is 0 Å². The molecule has 0 aliphatic heterocycles. The number of alkyl halides is 1. The molecule has 0 saturated carbocycles. The van der Waals surface area contributed by atoms with Gasteiger partial charge in [-0.05, 0) is 25.0 Å². The Morgan fingerprint density at radius 3 is 2.16 bits per heavy atom. The van der Waals surface area contributed by atoms with E-state index in [1.54, 1.807) is 0 Å². The van der Waals surface area contributed by atoms with Gasteiger partial charge in [0.25, 0.3) is 5.91 Å². The molecule has 5 heteroatoms. The van der Waals surface area contributed by atoms with Gasteiger partial charge in [-0.25, -0.2) is 0 Å². The van der Waals surface area contributed by atoms with Gasteiger partial charge in [0.05, 0.1) is 0 Å². The van der Waals surface area contributed by atoms with E-state index in [9.17, 15) is 15.0 Å². The maximum atomic E-state index is 12.0. The smallest absolute Gasteiger partial charge is 0.251 e. The summed E-state index contributed by atoms with van der Waals surface area (Å²) in [6.07, 6.45) is 1.75. The average Bonchev–Trinajstić information content (AvgIpc) is 2.39. The topological polar surface area (TPSA) is 69.6 Å². The second-order valence-corrected chi connectivity index (χ2v) is 5.03. The van der Waals surface area contributed by atoms with Crippen molar-refractivity contribution >= 4 is 17.5 Å². The van der Waals surface area contributed by atoms with Gasteiger partial charge < -0.3 is 15.5 Å². The summed E-state index contributed by atoms with van der Waals surface area (Å²) in [5.41, 5.74) is 0.115. The van der Waals surface area contributed by atoms with Crippen molar-refractivity contribution in [2.45, 2.75) is 26.7 Å². The van der Waals surface area contributed by atoms with Crippen LogP contribution < -0.4 is 5.32 Å². The van der Waals surface area contributed by atoms with Gasteiger partial charge in [-0.1, -0.05) is 13.8 Å². The van der Waals surface area contributed by atoms with Gasteiger partial charge in [0, 0.05) is 29.5 Å². The van der Waals surface area contributed by atoms with E-state index in [1.807, 2.05) is 13.8 Å². The van der Waals surface area contributed by atoms with Crippen molar-refractivity contribution in [3.05, 3.63) is 23.8 Å². The Morgan fingerprint density at radius 2 is 1.74 bits per heavy atom. The van der Waals surface area contributed by atoms with Gasteiger partial charge in [0.15, 0.2) is 0 Å². The highest BCUT2D eigenvalue weighted by atomic mass is 35.5. The molecule has 0 saturated heterocycles. The fraction of sp³-hybridized carbons (Fsp3) is 0.500. The molecule has 1 amide bonds. The van der Waals surface area contributed by atoms with Gasteiger partial charge in [0.2, 0.25) is 0 Å². The SMILES string of the molecule is CCC(CC)(CCl)CNC(=O)c1cc(O)cc(O)c1. The minimum Gasteiger partial charge on any atom is -0.508 e. The molecule has 0 bridgehead atoms. The van der Waals surface area contributed by atoms with Gasteiger partial charge in [-0.15, -0.1) is 11.6 Å². The standard InChI is InChI=1S/C14H20ClNO3/c1-3-14(4-2,8-15)9-16-13(19)10-5-11(17)7-12(18)6-10/h5-7,17-18H,3-4,8-9H2,1-2H3,(H,16,19). The normalized spacial score (nSPS) is 11.3. The first-order valence-electron chi connectivity index (χ1n) is 6.33. The van der Waals surface area contributed by atoms with Crippen LogP contribution in [-0.4, -0.2) is 28.5 Å². The summed E-state index contributed by atoms with van der Waals surface area (Å²) in [5, 5.41) is 21.5. The minimum absolute atomic E-state index is 0.115. The number of carbonyl (C=O) groups excluding carboxylic acids is 1. The third-order valence-corrected chi connectivity index (χ3v) is 4.14. The van der Waals surface area contributed by atoms with Crippen LogP contribution in [-0.2, 0) is 0 Å². The molecule has 0 spiro atoms. The van der Waals surface area contributed by atoms with Crippen LogP contribution in [0.4, 0.5) is 0 Å². The third-order valence-electron chi connectivity index (χ3n) is 3.57. The van der Waals surface area contributed by atoms with E-state index in [1.165, 1.54) is 18.2 Å². The van der Waals surface area contributed by atoms with Crippen molar-refractivity contribution in [1.29, 1.82) is 0 Å². The van der Waals surface area contributed by atoms with Crippen LogP contribution in [0.25, 0.3) is 0 Å². The van der Waals surface area contributed by atoms with Crippen LogP contribution in [0, 0.1) is 5.41 Å². The molecule has 0 heterocycles. The molecule has 0 aliphatic carbocycles. The monoisotopic (exact) mass is 285 g/mol. The zero-order chi connectivity index (χ0) is 14.5. The summed E-state index contributed by atoms with van der Waals surface area (Å²) in [7, 11) is 0. The van der Waals surface area contributed by atoms with Gasteiger partial charge in [0.1, 0.15) is 11.5 Å². The van der Waals surface area contributed by atoms with E-state index in [0.717, 1.165) is 12.8 Å². The van der Waals surface area contributed by atoms with Crippen LogP contribution in [0.15, 0.2) is 18.2 Å². The molecule has 0 aliphatic rings. The summed E-state index contributed by atoms with van der Waals surface area (Å²) in [4.78, 5) is 12.0. The largest absolute Gasteiger partial charge is 0.508 e. The summed E-state index contributed by atoms with van der Waals surface area (Å²) < 4.78 is 0. The number of amides is 1. The van der Waals surface area contributed by atoms with E-state index < -0.39 is 0 Å². The molecule has 0 radical (unpaired) electrons. The first-order valence-corrected chi connectivity index (χ1v) is 6.87. The van der Waals surface area contributed by atoms with E-state index in [-0.39, 0.29) is 28.4 Å². The molecule has 1 aromatic rings. The number of rotatable bonds is 6. The first kappa shape index (κ1) is 15.6. The van der Waals surface area contributed by atoms with Crippen LogP contribution in [0.1, 0.15) is 37.0 Å². The average molecular weight is 286 g/mol. The Balaban J connectivity index is 2.74. The van der Waals surface area contributed by atoms with E-state index in [4.69, 9.17) is 11.6 Å². The number of carbonyl (C=O) groups is 1. The summed E-state index contributed by atoms with van der Waals surface area (Å²) in [5.74, 6) is -0.131. The zero-order valence-electron chi connectivity index (χ0n) is 11.2. The molecule has 1 rings (SSSR count). The molecule has 4 nitrogen and oxygen atoms in total. The fourth-order valence-corrected chi connectivity index (χ4v) is 2.30. The molecule has 0 aromatic heterocycles. The summed E-state index contributed by atoms with van der Waals surface area (Å²) in [6.45, 7) is 4.55. The number of halogens is 1. The highest BCUT2D eigenvalue weighted by molar-refractivity contribution is 6.18. The Morgan fingerprint density at radius 1 is 1.21 bits per heavy atom. The zero-order valence-corrected chi connectivity index (χ0v) is 12.0. The van der Waals surface area contributed by atoms with Crippen LogP contribution >= 0.6 is 11.6 Å². The van der Waals surface area contributed by atoms with Crippen molar-refractivity contribution in [2.75, 3.05) is 12.4 Å². The lowest BCUT2D eigenvalue weighted by molar-refractivity contribution is 0.0931. The summed E-state index contributed by atoms with van der Waals surface area (Å²) in [6, 6.07) is 3.81. The highest BCUT2D eigenvalue weighted by Crippen LogP contribution is 2.27. The lowest BCUT2D eigenvalue weighted by Gasteiger charge is -2.29. The predicted molar refractivity (Wildman–Crippen MR) is 75.8 cm³/mol. The quantitative estimate of drug-likeness (QED) is 0.704. The molecule has 19 heavy (non-hydrogen) atoms.